The van der Waals surface area contributed by atoms with Crippen molar-refractivity contribution in [2.75, 3.05) is 37.1 Å². The molecule has 0 radical (unpaired) electrons. The summed E-state index contributed by atoms with van der Waals surface area (Å²) in [6.45, 7) is 4.64. The normalized spacial score (nSPS) is 11.5. The molecule has 13 heavy (non-hydrogen) atoms. The fraction of sp³-hybridized carbons (Fsp3) is 0.750. The first-order chi connectivity index (χ1) is 5.95. The lowest BCUT2D eigenvalue weighted by Crippen LogP contribution is -2.12. The highest BCUT2D eigenvalue weighted by Gasteiger charge is 2.01. The fourth-order valence-corrected chi connectivity index (χ4v) is 2.95. The molecule has 0 spiro atoms. The number of rotatable bonds is 7. The molecular weight excluding hydrogens is 206 g/mol. The Morgan fingerprint density at radius 1 is 1.54 bits per heavy atom. The third-order valence-electron chi connectivity index (χ3n) is 1.33. The zero-order chi connectivity index (χ0) is 10.3. The van der Waals surface area contributed by atoms with Crippen LogP contribution in [0.25, 0.3) is 0 Å². The Morgan fingerprint density at radius 2 is 2.15 bits per heavy atom. The van der Waals surface area contributed by atoms with Gasteiger partial charge >= 0.3 is 0 Å². The quantitative estimate of drug-likeness (QED) is 0.505. The standard InChI is InChI=1S/C8H17NO2S2/c1-8(6-9-2)7-12-4-5-13(3,10)11/h9H,1,4-7H2,2-3H3. The molecule has 0 heterocycles. The van der Waals surface area contributed by atoms with Crippen molar-refractivity contribution in [3.63, 3.8) is 0 Å². The third-order valence-corrected chi connectivity index (χ3v) is 3.64. The smallest absolute Gasteiger partial charge is 0.148 e. The average molecular weight is 223 g/mol. The summed E-state index contributed by atoms with van der Waals surface area (Å²) >= 11 is 1.61. The second-order valence-electron chi connectivity index (χ2n) is 2.96. The van der Waals surface area contributed by atoms with E-state index in [-0.39, 0.29) is 5.75 Å². The van der Waals surface area contributed by atoms with Gasteiger partial charge in [0.25, 0.3) is 0 Å². The van der Waals surface area contributed by atoms with Gasteiger partial charge < -0.3 is 5.32 Å². The van der Waals surface area contributed by atoms with E-state index >= 15 is 0 Å². The number of nitrogens with one attached hydrogen (secondary N) is 1. The van der Waals surface area contributed by atoms with Gasteiger partial charge in [0.05, 0.1) is 5.75 Å². The van der Waals surface area contributed by atoms with Gasteiger partial charge in [0.15, 0.2) is 0 Å². The molecule has 0 aliphatic carbocycles. The van der Waals surface area contributed by atoms with Gasteiger partial charge in [-0.2, -0.15) is 11.8 Å². The Balaban J connectivity index is 3.41. The lowest BCUT2D eigenvalue weighted by molar-refractivity contribution is 0.603. The van der Waals surface area contributed by atoms with Crippen molar-refractivity contribution in [3.05, 3.63) is 12.2 Å². The van der Waals surface area contributed by atoms with Crippen LogP contribution in [0.1, 0.15) is 0 Å². The van der Waals surface area contributed by atoms with Gasteiger partial charge in [-0.25, -0.2) is 8.42 Å². The van der Waals surface area contributed by atoms with Crippen molar-refractivity contribution in [1.29, 1.82) is 0 Å². The summed E-state index contributed by atoms with van der Waals surface area (Å²) in [7, 11) is -0.933. The highest BCUT2D eigenvalue weighted by Crippen LogP contribution is 2.05. The monoisotopic (exact) mass is 223 g/mol. The molecule has 0 fully saturated rings. The summed E-state index contributed by atoms with van der Waals surface area (Å²) in [6.07, 6.45) is 1.26. The first kappa shape index (κ1) is 13.0. The summed E-state index contributed by atoms with van der Waals surface area (Å²) in [5, 5.41) is 2.99. The lowest BCUT2D eigenvalue weighted by atomic mass is 10.3. The Labute approximate surface area is 84.9 Å². The van der Waals surface area contributed by atoms with Gasteiger partial charge in [-0.15, -0.1) is 0 Å². The zero-order valence-electron chi connectivity index (χ0n) is 8.17. The molecular formula is C8H17NO2S2. The van der Waals surface area contributed by atoms with E-state index in [0.717, 1.165) is 17.9 Å². The van der Waals surface area contributed by atoms with Crippen LogP contribution in [-0.2, 0) is 9.84 Å². The highest BCUT2D eigenvalue weighted by atomic mass is 32.2. The number of thioether (sulfide) groups is 1. The molecule has 0 atom stereocenters. The molecule has 78 valence electrons. The topological polar surface area (TPSA) is 46.2 Å². The van der Waals surface area contributed by atoms with Crippen LogP contribution in [0.3, 0.4) is 0 Å². The summed E-state index contributed by atoms with van der Waals surface area (Å²) in [5.41, 5.74) is 1.10. The van der Waals surface area contributed by atoms with Gasteiger partial charge in [-0.05, 0) is 7.05 Å². The summed E-state index contributed by atoms with van der Waals surface area (Å²) in [6, 6.07) is 0. The minimum absolute atomic E-state index is 0.254. The van der Waals surface area contributed by atoms with E-state index in [2.05, 4.69) is 11.9 Å². The van der Waals surface area contributed by atoms with Crippen molar-refractivity contribution in [3.8, 4) is 0 Å². The van der Waals surface area contributed by atoms with Gasteiger partial charge in [0.1, 0.15) is 9.84 Å². The minimum Gasteiger partial charge on any atom is -0.316 e. The maximum absolute atomic E-state index is 10.8. The molecule has 0 aliphatic heterocycles. The first-order valence-corrected chi connectivity index (χ1v) is 7.24. The van der Waals surface area contributed by atoms with Crippen LogP contribution in [0, 0.1) is 0 Å². The molecule has 0 rings (SSSR count). The molecule has 5 heteroatoms. The molecule has 0 aromatic heterocycles. The Bertz CT molecular complexity index is 247. The second-order valence-corrected chi connectivity index (χ2v) is 6.33. The van der Waals surface area contributed by atoms with Crippen molar-refractivity contribution < 1.29 is 8.42 Å². The predicted octanol–water partition coefficient (Wildman–Crippen LogP) is 0.540. The van der Waals surface area contributed by atoms with Gasteiger partial charge in [-0.3, -0.25) is 0 Å². The van der Waals surface area contributed by atoms with E-state index in [1.807, 2.05) is 7.05 Å². The maximum Gasteiger partial charge on any atom is 0.148 e. The highest BCUT2D eigenvalue weighted by molar-refractivity contribution is 8.00. The first-order valence-electron chi connectivity index (χ1n) is 4.02. The fourth-order valence-electron chi connectivity index (χ4n) is 0.728. The predicted molar refractivity (Wildman–Crippen MR) is 60.1 cm³/mol. The van der Waals surface area contributed by atoms with Crippen LogP contribution < -0.4 is 5.32 Å². The Morgan fingerprint density at radius 3 is 2.62 bits per heavy atom. The molecule has 0 unspecified atom stereocenters. The Hall–Kier alpha value is -0.0000000000000000555. The van der Waals surface area contributed by atoms with E-state index in [9.17, 15) is 8.42 Å². The lowest BCUT2D eigenvalue weighted by Gasteiger charge is -2.03. The number of likely N-dealkylation sites (N-methyl/N-ethyl adjacent to an activating group) is 1. The van der Waals surface area contributed by atoms with Crippen LogP contribution in [0.2, 0.25) is 0 Å². The molecule has 0 aliphatic rings. The van der Waals surface area contributed by atoms with Crippen molar-refractivity contribution in [2.24, 2.45) is 0 Å². The van der Waals surface area contributed by atoms with Crippen molar-refractivity contribution >= 4 is 21.6 Å². The number of sulfone groups is 1. The molecule has 0 bridgehead atoms. The Kier molecular flexibility index (Phi) is 6.45. The second kappa shape index (κ2) is 6.45. The van der Waals surface area contributed by atoms with E-state index < -0.39 is 9.84 Å². The average Bonchev–Trinajstić information content (AvgIpc) is 1.97. The van der Waals surface area contributed by atoms with Crippen molar-refractivity contribution in [2.45, 2.75) is 0 Å². The van der Waals surface area contributed by atoms with E-state index in [4.69, 9.17) is 0 Å². The molecule has 0 amide bonds. The van der Waals surface area contributed by atoms with E-state index in [1.54, 1.807) is 11.8 Å². The number of hydrogen-bond acceptors (Lipinski definition) is 4. The van der Waals surface area contributed by atoms with Crippen molar-refractivity contribution in [1.82, 2.24) is 5.32 Å². The van der Waals surface area contributed by atoms with Crippen LogP contribution in [0.5, 0.6) is 0 Å². The van der Waals surface area contributed by atoms with Gasteiger partial charge in [0, 0.05) is 24.3 Å². The summed E-state index contributed by atoms with van der Waals surface area (Å²) in [5.74, 6) is 1.74. The molecule has 0 saturated heterocycles. The summed E-state index contributed by atoms with van der Waals surface area (Å²) in [4.78, 5) is 0. The zero-order valence-corrected chi connectivity index (χ0v) is 9.80. The van der Waals surface area contributed by atoms with Gasteiger partial charge in [0.2, 0.25) is 0 Å². The van der Waals surface area contributed by atoms with Gasteiger partial charge in [-0.1, -0.05) is 12.2 Å². The van der Waals surface area contributed by atoms with E-state index in [0.29, 0.717) is 5.75 Å². The molecule has 0 aromatic carbocycles. The molecule has 0 aromatic rings. The van der Waals surface area contributed by atoms with Crippen LogP contribution >= 0.6 is 11.8 Å². The van der Waals surface area contributed by atoms with Crippen LogP contribution in [-0.4, -0.2) is 45.5 Å². The van der Waals surface area contributed by atoms with E-state index in [1.165, 1.54) is 6.26 Å². The largest absolute Gasteiger partial charge is 0.316 e. The minimum atomic E-state index is -2.80. The molecule has 1 N–H and O–H groups in total. The molecule has 0 saturated carbocycles. The number of hydrogen-bond donors (Lipinski definition) is 1. The van der Waals surface area contributed by atoms with Crippen LogP contribution in [0.15, 0.2) is 12.2 Å². The van der Waals surface area contributed by atoms with Crippen LogP contribution in [0.4, 0.5) is 0 Å². The molecule has 3 nitrogen and oxygen atoms in total. The summed E-state index contributed by atoms with van der Waals surface area (Å²) < 4.78 is 21.5. The third kappa shape index (κ3) is 9.92. The maximum atomic E-state index is 10.8. The SMILES string of the molecule is C=C(CNC)CSCCS(C)(=O)=O.